The number of hydrazine groups is 1. The second-order valence-electron chi connectivity index (χ2n) is 6.68. The van der Waals surface area contributed by atoms with Crippen LogP contribution in [-0.2, 0) is 17.6 Å². The summed E-state index contributed by atoms with van der Waals surface area (Å²) in [6.07, 6.45) is 2.87. The summed E-state index contributed by atoms with van der Waals surface area (Å²) in [4.78, 5) is 31.2. The predicted octanol–water partition coefficient (Wildman–Crippen LogP) is 1.50. The van der Waals surface area contributed by atoms with Crippen LogP contribution in [0, 0.1) is 0 Å². The summed E-state index contributed by atoms with van der Waals surface area (Å²) in [5.74, 6) is 5.57. The zero-order valence-electron chi connectivity index (χ0n) is 15.9. The minimum Gasteiger partial charge on any atom is -0.409 e. The molecule has 0 radical (unpaired) electrons. The van der Waals surface area contributed by atoms with Crippen LogP contribution in [0.1, 0.15) is 18.2 Å². The molecule has 1 aromatic carbocycles. The van der Waals surface area contributed by atoms with Crippen molar-refractivity contribution in [1.82, 2.24) is 15.3 Å². The number of carbonyl (C=O) groups excluding carboxylic acids is 2. The number of hydrogen-bond acceptors (Lipinski definition) is 6. The molecule has 0 unspecified atom stereocenters. The van der Waals surface area contributed by atoms with Gasteiger partial charge in [0.25, 0.3) is 0 Å². The number of nitrogens with two attached hydrogens (primary N) is 1. The summed E-state index contributed by atoms with van der Waals surface area (Å²) in [5.41, 5.74) is 5.16. The number of anilines is 1. The van der Waals surface area contributed by atoms with Crippen LogP contribution < -0.4 is 20.9 Å². The quantitative estimate of drug-likeness (QED) is 0.461. The number of hydrogen-bond donors (Lipinski definition) is 2. The fourth-order valence-electron chi connectivity index (χ4n) is 3.16. The van der Waals surface area contributed by atoms with E-state index in [-0.39, 0.29) is 5.91 Å². The number of nitrogens with one attached hydrogen (secondary N) is 1. The van der Waals surface area contributed by atoms with Gasteiger partial charge in [0.2, 0.25) is 5.91 Å². The Morgan fingerprint density at radius 2 is 1.79 bits per heavy atom. The molecule has 1 aliphatic heterocycles. The zero-order chi connectivity index (χ0) is 19.9. The van der Waals surface area contributed by atoms with Crippen molar-refractivity contribution in [3.8, 4) is 5.75 Å². The Balaban J connectivity index is 1.49. The van der Waals surface area contributed by atoms with E-state index in [0.29, 0.717) is 5.75 Å². The zero-order valence-corrected chi connectivity index (χ0v) is 15.9. The lowest BCUT2D eigenvalue weighted by molar-refractivity contribution is -0.129. The molecule has 0 saturated carbocycles. The van der Waals surface area contributed by atoms with Crippen LogP contribution in [0.3, 0.4) is 0 Å². The molecule has 2 aromatic rings. The topological polar surface area (TPSA) is 101 Å². The van der Waals surface area contributed by atoms with E-state index in [4.69, 9.17) is 10.6 Å². The fraction of sp³-hybridized carbons (Fsp3) is 0.350. The molecule has 1 aliphatic rings. The van der Waals surface area contributed by atoms with Crippen molar-refractivity contribution in [3.05, 3.63) is 53.9 Å². The van der Waals surface area contributed by atoms with Gasteiger partial charge in [-0.15, -0.1) is 0 Å². The van der Waals surface area contributed by atoms with Crippen molar-refractivity contribution < 1.29 is 14.3 Å². The van der Waals surface area contributed by atoms with Crippen LogP contribution >= 0.6 is 0 Å². The largest absolute Gasteiger partial charge is 0.426 e. The van der Waals surface area contributed by atoms with Gasteiger partial charge in [-0.1, -0.05) is 12.1 Å². The van der Waals surface area contributed by atoms with Gasteiger partial charge in [-0.05, 0) is 42.7 Å². The molecule has 8 heteroatoms. The molecule has 0 spiro atoms. The number of piperazine rings is 1. The van der Waals surface area contributed by atoms with Crippen molar-refractivity contribution in [2.24, 2.45) is 5.84 Å². The van der Waals surface area contributed by atoms with Gasteiger partial charge in [0.15, 0.2) is 0 Å². The van der Waals surface area contributed by atoms with Crippen molar-refractivity contribution >= 4 is 17.7 Å². The second-order valence-corrected chi connectivity index (χ2v) is 6.68. The molecule has 8 nitrogen and oxygen atoms in total. The summed E-state index contributed by atoms with van der Waals surface area (Å²) in [7, 11) is 0. The SMILES string of the molecule is CC(=O)N1CCN(c2ccc(CCc3ccc(OC(=O)NN)cc3)nc2)CC1. The lowest BCUT2D eigenvalue weighted by Gasteiger charge is -2.35. The Kier molecular flexibility index (Phi) is 6.44. The van der Waals surface area contributed by atoms with Gasteiger partial charge in [-0.2, -0.15) is 0 Å². The van der Waals surface area contributed by atoms with Crippen molar-refractivity contribution in [2.45, 2.75) is 19.8 Å². The van der Waals surface area contributed by atoms with Crippen molar-refractivity contribution in [1.29, 1.82) is 0 Å². The van der Waals surface area contributed by atoms with Gasteiger partial charge in [0.1, 0.15) is 5.75 Å². The summed E-state index contributed by atoms with van der Waals surface area (Å²) in [5, 5.41) is 0. The maximum absolute atomic E-state index is 11.4. The van der Waals surface area contributed by atoms with Gasteiger partial charge >= 0.3 is 6.09 Å². The van der Waals surface area contributed by atoms with E-state index in [2.05, 4.69) is 22.0 Å². The van der Waals surface area contributed by atoms with Gasteiger partial charge < -0.3 is 14.5 Å². The van der Waals surface area contributed by atoms with Crippen LogP contribution in [0.4, 0.5) is 10.5 Å². The average molecular weight is 383 g/mol. The molecule has 3 rings (SSSR count). The smallest absolute Gasteiger partial charge is 0.409 e. The molecule has 3 N–H and O–H groups in total. The molecule has 0 bridgehead atoms. The highest BCUT2D eigenvalue weighted by atomic mass is 16.6. The Morgan fingerprint density at radius 3 is 2.36 bits per heavy atom. The number of benzene rings is 1. The monoisotopic (exact) mass is 383 g/mol. The molecule has 2 amide bonds. The van der Waals surface area contributed by atoms with Crippen LogP contribution in [0.2, 0.25) is 0 Å². The van der Waals surface area contributed by atoms with E-state index in [9.17, 15) is 9.59 Å². The number of carbonyl (C=O) groups is 2. The highest BCUT2D eigenvalue weighted by Gasteiger charge is 2.18. The van der Waals surface area contributed by atoms with Gasteiger partial charge in [-0.3, -0.25) is 15.2 Å². The third-order valence-corrected chi connectivity index (χ3v) is 4.82. The Bertz CT molecular complexity index is 800. The Morgan fingerprint density at radius 1 is 1.07 bits per heavy atom. The van der Waals surface area contributed by atoms with Gasteiger partial charge in [0.05, 0.1) is 11.9 Å². The third kappa shape index (κ3) is 5.20. The molecular weight excluding hydrogens is 358 g/mol. The molecule has 1 saturated heterocycles. The first kappa shape index (κ1) is 19.6. The summed E-state index contributed by atoms with van der Waals surface area (Å²) in [6.45, 7) is 4.78. The highest BCUT2D eigenvalue weighted by Crippen LogP contribution is 2.17. The number of aromatic nitrogens is 1. The maximum Gasteiger partial charge on any atom is 0.426 e. The van der Waals surface area contributed by atoms with Crippen LogP contribution in [0.25, 0.3) is 0 Å². The lowest BCUT2D eigenvalue weighted by atomic mass is 10.1. The fourth-order valence-corrected chi connectivity index (χ4v) is 3.16. The van der Waals surface area contributed by atoms with Crippen molar-refractivity contribution in [3.63, 3.8) is 0 Å². The van der Waals surface area contributed by atoms with E-state index in [1.54, 1.807) is 19.1 Å². The first-order chi connectivity index (χ1) is 13.5. The second kappa shape index (κ2) is 9.18. The Hall–Kier alpha value is -3.13. The Labute approximate surface area is 164 Å². The molecule has 1 fully saturated rings. The highest BCUT2D eigenvalue weighted by molar-refractivity contribution is 5.73. The standard InChI is InChI=1S/C20H25N5O3/c1-15(26)24-10-12-25(13-11-24)18-7-6-17(22-14-18)5-2-16-3-8-19(9-4-16)28-20(27)23-21/h3-4,6-9,14H,2,5,10-13,21H2,1H3,(H,23,27). The van der Waals surface area contributed by atoms with E-state index in [1.807, 2.05) is 28.7 Å². The van der Waals surface area contributed by atoms with Crippen LogP contribution in [0.15, 0.2) is 42.6 Å². The normalized spacial score (nSPS) is 13.9. The number of nitrogens with zero attached hydrogens (tertiary/aromatic N) is 3. The maximum atomic E-state index is 11.4. The lowest BCUT2D eigenvalue weighted by Crippen LogP contribution is -2.48. The molecule has 148 valence electrons. The molecule has 2 heterocycles. The molecule has 0 aliphatic carbocycles. The molecule has 1 aromatic heterocycles. The number of pyridine rings is 1. The van der Waals surface area contributed by atoms with Gasteiger partial charge in [0, 0.05) is 38.8 Å². The number of amides is 2. The first-order valence-corrected chi connectivity index (χ1v) is 9.28. The summed E-state index contributed by atoms with van der Waals surface area (Å²) in [6, 6.07) is 11.5. The van der Waals surface area contributed by atoms with E-state index in [1.165, 1.54) is 0 Å². The van der Waals surface area contributed by atoms with Crippen LogP contribution in [-0.4, -0.2) is 48.1 Å². The number of aryl methyl sites for hydroxylation is 2. The number of rotatable bonds is 5. The van der Waals surface area contributed by atoms with Crippen molar-refractivity contribution in [2.75, 3.05) is 31.1 Å². The average Bonchev–Trinajstić information content (AvgIpc) is 2.73. The van der Waals surface area contributed by atoms with E-state index in [0.717, 1.165) is 56.0 Å². The van der Waals surface area contributed by atoms with E-state index < -0.39 is 6.09 Å². The number of ether oxygens (including phenoxy) is 1. The minimum absolute atomic E-state index is 0.135. The predicted molar refractivity (Wildman–Crippen MR) is 106 cm³/mol. The minimum atomic E-state index is -0.695. The van der Waals surface area contributed by atoms with Gasteiger partial charge in [-0.25, -0.2) is 10.6 Å². The third-order valence-electron chi connectivity index (χ3n) is 4.82. The summed E-state index contributed by atoms with van der Waals surface area (Å²) < 4.78 is 4.96. The molecule has 28 heavy (non-hydrogen) atoms. The molecule has 0 atom stereocenters. The van der Waals surface area contributed by atoms with E-state index >= 15 is 0 Å². The van der Waals surface area contributed by atoms with Crippen LogP contribution in [0.5, 0.6) is 5.75 Å². The summed E-state index contributed by atoms with van der Waals surface area (Å²) >= 11 is 0. The first-order valence-electron chi connectivity index (χ1n) is 9.28. The molecular formula is C20H25N5O3.